The Labute approximate surface area is 217 Å². The molecule has 0 bridgehead atoms. The van der Waals surface area contributed by atoms with Gasteiger partial charge in [-0.25, -0.2) is 10.0 Å². The van der Waals surface area contributed by atoms with Crippen LogP contribution in [-0.2, 0) is 9.59 Å². The van der Waals surface area contributed by atoms with Gasteiger partial charge in [0.25, 0.3) is 11.8 Å². The Morgan fingerprint density at radius 2 is 1.14 bits per heavy atom. The molecule has 2 unspecified atom stereocenters. The fourth-order valence-electron chi connectivity index (χ4n) is 5.24. The van der Waals surface area contributed by atoms with Gasteiger partial charge in [0.15, 0.2) is 0 Å². The fraction of sp³-hybridized carbons (Fsp3) is 0.267. The van der Waals surface area contributed by atoms with Crippen molar-refractivity contribution < 1.29 is 14.3 Å². The van der Waals surface area contributed by atoms with Crippen LogP contribution < -0.4 is 14.8 Å². The predicted octanol–water partition coefficient (Wildman–Crippen LogP) is 5.64. The average Bonchev–Trinajstić information content (AvgIpc) is 3.47. The average molecular weight is 495 g/mol. The molecule has 0 radical (unpaired) electrons. The van der Waals surface area contributed by atoms with Gasteiger partial charge in [-0.15, -0.1) is 0 Å². The molecule has 2 aliphatic heterocycles. The largest absolute Gasteiger partial charge is 0.497 e. The molecule has 2 aliphatic rings. The second-order valence-corrected chi connectivity index (χ2v) is 9.12. The molecule has 3 aromatic carbocycles. The van der Waals surface area contributed by atoms with Crippen molar-refractivity contribution in [3.8, 4) is 5.75 Å². The minimum Gasteiger partial charge on any atom is -0.497 e. The highest BCUT2D eigenvalue weighted by Gasteiger charge is 2.51. The van der Waals surface area contributed by atoms with Crippen LogP contribution in [0.5, 0.6) is 5.75 Å². The molecule has 0 saturated heterocycles. The van der Waals surface area contributed by atoms with Gasteiger partial charge in [0.1, 0.15) is 5.75 Å². The molecule has 0 aromatic heterocycles. The summed E-state index contributed by atoms with van der Waals surface area (Å²) in [4.78, 5) is 28.1. The quantitative estimate of drug-likeness (QED) is 0.407. The van der Waals surface area contributed by atoms with Gasteiger partial charge in [-0.3, -0.25) is 9.59 Å². The first-order valence-corrected chi connectivity index (χ1v) is 12.6. The Hall–Kier alpha value is -4.26. The molecule has 2 atom stereocenters. The van der Waals surface area contributed by atoms with Crippen LogP contribution >= 0.6 is 0 Å². The van der Waals surface area contributed by atoms with Crippen molar-refractivity contribution in [3.63, 3.8) is 0 Å². The molecule has 0 N–H and O–H groups in total. The smallest absolute Gasteiger partial charge is 0.256 e. The molecular weight excluding hydrogens is 464 g/mol. The lowest BCUT2D eigenvalue weighted by Crippen LogP contribution is -2.40. The number of carbonyl (C=O) groups excluding carboxylic acids is 2. The van der Waals surface area contributed by atoms with E-state index in [0.29, 0.717) is 30.0 Å². The van der Waals surface area contributed by atoms with E-state index in [4.69, 9.17) is 14.9 Å². The van der Waals surface area contributed by atoms with Gasteiger partial charge in [-0.05, 0) is 54.8 Å². The van der Waals surface area contributed by atoms with Crippen LogP contribution in [0.4, 0.5) is 11.4 Å². The monoisotopic (exact) mass is 494 g/mol. The third kappa shape index (κ3) is 4.42. The predicted molar refractivity (Wildman–Crippen MR) is 146 cm³/mol. The zero-order chi connectivity index (χ0) is 25.9. The summed E-state index contributed by atoms with van der Waals surface area (Å²) < 4.78 is 5.38. The van der Waals surface area contributed by atoms with Crippen LogP contribution in [0, 0.1) is 11.8 Å². The maximum atomic E-state index is 14.0. The first-order valence-electron chi connectivity index (χ1n) is 12.6. The van der Waals surface area contributed by atoms with Crippen LogP contribution in [0.1, 0.15) is 38.2 Å². The molecule has 2 heterocycles. The summed E-state index contributed by atoms with van der Waals surface area (Å²) in [7, 11) is 1.62. The summed E-state index contributed by atoms with van der Waals surface area (Å²) in [5.74, 6) is -1.22. The molecule has 0 aliphatic carbocycles. The Kier molecular flexibility index (Phi) is 6.86. The Bertz CT molecular complexity index is 1250. The minimum absolute atomic E-state index is 0.134. The highest BCUT2D eigenvalue weighted by Crippen LogP contribution is 2.44. The van der Waals surface area contributed by atoms with Crippen molar-refractivity contribution in [2.24, 2.45) is 22.0 Å². The van der Waals surface area contributed by atoms with Crippen LogP contribution in [-0.4, -0.2) is 30.3 Å². The first kappa shape index (κ1) is 24.4. The number of amides is 2. The number of benzene rings is 3. The van der Waals surface area contributed by atoms with Gasteiger partial charge < -0.3 is 4.74 Å². The molecular formula is C30H30N4O3. The van der Waals surface area contributed by atoms with E-state index in [9.17, 15) is 9.59 Å². The minimum atomic E-state index is -0.597. The number of hydrazone groups is 2. The van der Waals surface area contributed by atoms with Crippen LogP contribution in [0.15, 0.2) is 95.1 Å². The molecule has 7 nitrogen and oxygen atoms in total. The maximum Gasteiger partial charge on any atom is 0.256 e. The lowest BCUT2D eigenvalue weighted by molar-refractivity contribution is -0.122. The number of methoxy groups -OCH3 is 1. The van der Waals surface area contributed by atoms with E-state index in [-0.39, 0.29) is 11.8 Å². The summed E-state index contributed by atoms with van der Waals surface area (Å²) in [6, 6.07) is 26.5. The van der Waals surface area contributed by atoms with E-state index in [1.165, 1.54) is 10.0 Å². The lowest BCUT2D eigenvalue weighted by Gasteiger charge is -2.29. The Morgan fingerprint density at radius 3 is 1.51 bits per heavy atom. The summed E-state index contributed by atoms with van der Waals surface area (Å²) in [6.45, 7) is 4.00. The second kappa shape index (κ2) is 10.4. The fourth-order valence-corrected chi connectivity index (χ4v) is 5.24. The number of rotatable bonds is 8. The van der Waals surface area contributed by atoms with E-state index in [1.807, 2.05) is 98.8 Å². The number of carbonyl (C=O) groups is 2. The summed E-state index contributed by atoms with van der Waals surface area (Å²) in [5.41, 5.74) is 3.82. The van der Waals surface area contributed by atoms with Crippen LogP contribution in [0.2, 0.25) is 0 Å². The van der Waals surface area contributed by atoms with Gasteiger partial charge in [0, 0.05) is 5.92 Å². The summed E-state index contributed by atoms with van der Waals surface area (Å²) in [5, 5.41) is 12.5. The zero-order valence-electron chi connectivity index (χ0n) is 21.2. The number of para-hydroxylation sites is 2. The third-order valence-corrected chi connectivity index (χ3v) is 7.07. The number of hydrogen-bond acceptors (Lipinski definition) is 5. The zero-order valence-corrected chi connectivity index (χ0v) is 21.2. The number of anilines is 2. The van der Waals surface area contributed by atoms with Crippen molar-refractivity contribution in [2.75, 3.05) is 17.1 Å². The van der Waals surface area contributed by atoms with Crippen molar-refractivity contribution in [3.05, 3.63) is 90.5 Å². The summed E-state index contributed by atoms with van der Waals surface area (Å²) in [6.07, 6.45) is 1.18. The van der Waals surface area contributed by atoms with Crippen molar-refractivity contribution in [1.29, 1.82) is 0 Å². The van der Waals surface area contributed by atoms with Crippen molar-refractivity contribution >= 4 is 34.6 Å². The highest BCUT2D eigenvalue weighted by molar-refractivity contribution is 6.20. The van der Waals surface area contributed by atoms with Gasteiger partial charge in [-0.1, -0.05) is 62.4 Å². The first-order chi connectivity index (χ1) is 18.1. The summed E-state index contributed by atoms with van der Waals surface area (Å²) >= 11 is 0. The maximum absolute atomic E-state index is 14.0. The van der Waals surface area contributed by atoms with Gasteiger partial charge in [0.05, 0.1) is 41.7 Å². The SMILES string of the molecule is CCC1=NN(c2ccccc2)C(=O)C1C(c1ccc(OC)cc1)C1C(=O)N(c2ccccc2)N=C1CC. The lowest BCUT2D eigenvalue weighted by atomic mass is 9.71. The second-order valence-electron chi connectivity index (χ2n) is 9.12. The van der Waals surface area contributed by atoms with Gasteiger partial charge >= 0.3 is 0 Å². The Morgan fingerprint density at radius 1 is 0.703 bits per heavy atom. The van der Waals surface area contributed by atoms with Crippen molar-refractivity contribution in [1.82, 2.24) is 0 Å². The topological polar surface area (TPSA) is 74.6 Å². The van der Waals surface area contributed by atoms with E-state index < -0.39 is 17.8 Å². The van der Waals surface area contributed by atoms with Gasteiger partial charge in [0.2, 0.25) is 0 Å². The molecule has 2 amide bonds. The molecule has 188 valence electrons. The molecule has 0 fully saturated rings. The number of hydrogen-bond donors (Lipinski definition) is 0. The number of nitrogens with zero attached hydrogens (tertiary/aromatic N) is 4. The van der Waals surface area contributed by atoms with Crippen LogP contribution in [0.25, 0.3) is 0 Å². The van der Waals surface area contributed by atoms with Crippen LogP contribution in [0.3, 0.4) is 0 Å². The number of ether oxygens (including phenoxy) is 1. The molecule has 37 heavy (non-hydrogen) atoms. The third-order valence-electron chi connectivity index (χ3n) is 7.07. The molecule has 0 spiro atoms. The standard InChI is InChI=1S/C30H30N4O3/c1-4-24-27(29(35)33(31-24)21-12-8-6-9-13-21)26(20-16-18-23(37-3)19-17-20)28-25(5-2)32-34(30(28)36)22-14-10-7-11-15-22/h6-19,26-28H,4-5H2,1-3H3. The van der Waals surface area contributed by atoms with E-state index in [0.717, 1.165) is 17.0 Å². The normalized spacial score (nSPS) is 20.2. The van der Waals surface area contributed by atoms with E-state index in [1.54, 1.807) is 7.11 Å². The molecule has 5 rings (SSSR count). The Balaban J connectivity index is 1.61. The molecule has 0 saturated carbocycles. The van der Waals surface area contributed by atoms with E-state index >= 15 is 0 Å². The molecule has 3 aromatic rings. The molecule has 7 heteroatoms. The van der Waals surface area contributed by atoms with Gasteiger partial charge in [-0.2, -0.15) is 10.2 Å². The van der Waals surface area contributed by atoms with Crippen molar-refractivity contribution in [2.45, 2.75) is 32.6 Å². The highest BCUT2D eigenvalue weighted by atomic mass is 16.5. The van der Waals surface area contributed by atoms with E-state index in [2.05, 4.69) is 0 Å².